The van der Waals surface area contributed by atoms with E-state index in [-0.39, 0.29) is 0 Å². The van der Waals surface area contributed by atoms with Gasteiger partial charge in [0.1, 0.15) is 5.75 Å². The van der Waals surface area contributed by atoms with Gasteiger partial charge in [0, 0.05) is 0 Å². The lowest BCUT2D eigenvalue weighted by molar-refractivity contribution is 0.400. The van der Waals surface area contributed by atoms with Crippen molar-refractivity contribution in [1.29, 1.82) is 0 Å². The number of methoxy groups -OCH3 is 1. The summed E-state index contributed by atoms with van der Waals surface area (Å²) < 4.78 is 5.48. The minimum atomic E-state index is 0.573. The van der Waals surface area contributed by atoms with Crippen LogP contribution in [0.4, 0.5) is 0 Å². The molecule has 0 aromatic heterocycles. The van der Waals surface area contributed by atoms with Crippen molar-refractivity contribution in [3.8, 4) is 5.75 Å². The highest BCUT2D eigenvalue weighted by Gasteiger charge is 2.13. The van der Waals surface area contributed by atoms with Crippen molar-refractivity contribution in [2.75, 3.05) is 20.2 Å². The van der Waals surface area contributed by atoms with Gasteiger partial charge >= 0.3 is 0 Å². The summed E-state index contributed by atoms with van der Waals surface area (Å²) in [5, 5.41) is 3.49. The average molecular weight is 283 g/mol. The molecule has 0 aliphatic heterocycles. The van der Waals surface area contributed by atoms with Crippen molar-refractivity contribution in [3.05, 3.63) is 65.7 Å². The molecule has 0 bridgehead atoms. The lowest BCUT2D eigenvalue weighted by atomic mass is 9.92. The lowest BCUT2D eigenvalue weighted by Gasteiger charge is -2.19. The van der Waals surface area contributed by atoms with Gasteiger partial charge in [-0.05, 0) is 49.0 Å². The Hall–Kier alpha value is -1.80. The molecule has 1 N–H and O–H groups in total. The van der Waals surface area contributed by atoms with E-state index in [9.17, 15) is 0 Å². The molecule has 2 heteroatoms. The van der Waals surface area contributed by atoms with Gasteiger partial charge in [0.15, 0.2) is 0 Å². The van der Waals surface area contributed by atoms with Crippen LogP contribution in [0.1, 0.15) is 18.1 Å². The molecule has 21 heavy (non-hydrogen) atoms. The Bertz CT molecular complexity index is 524. The van der Waals surface area contributed by atoms with E-state index in [1.807, 2.05) is 12.1 Å². The van der Waals surface area contributed by atoms with Crippen LogP contribution in [0.5, 0.6) is 5.75 Å². The summed E-state index contributed by atoms with van der Waals surface area (Å²) in [6, 6.07) is 19.0. The molecule has 0 saturated heterocycles. The third-order valence-corrected chi connectivity index (χ3v) is 3.75. The van der Waals surface area contributed by atoms with Crippen molar-refractivity contribution in [1.82, 2.24) is 5.32 Å². The highest BCUT2D eigenvalue weighted by atomic mass is 16.5. The third-order valence-electron chi connectivity index (χ3n) is 3.75. The van der Waals surface area contributed by atoms with Crippen LogP contribution in [0, 0.1) is 5.92 Å². The molecule has 1 atom stereocenters. The first-order chi connectivity index (χ1) is 10.3. The molecule has 0 heterocycles. The molecule has 2 aromatic rings. The van der Waals surface area contributed by atoms with E-state index in [2.05, 4.69) is 54.7 Å². The van der Waals surface area contributed by atoms with E-state index < -0.39 is 0 Å². The first kappa shape index (κ1) is 15.6. The normalized spacial score (nSPS) is 12.1. The Morgan fingerprint density at radius 1 is 0.952 bits per heavy atom. The molecule has 0 saturated carbocycles. The summed E-state index contributed by atoms with van der Waals surface area (Å²) in [5.41, 5.74) is 2.69. The molecule has 0 amide bonds. The number of hydrogen-bond acceptors (Lipinski definition) is 2. The van der Waals surface area contributed by atoms with Gasteiger partial charge < -0.3 is 10.1 Å². The van der Waals surface area contributed by atoms with Gasteiger partial charge in [0.05, 0.1) is 7.11 Å². The molecule has 2 aromatic carbocycles. The minimum absolute atomic E-state index is 0.573. The van der Waals surface area contributed by atoms with Crippen LogP contribution in [-0.4, -0.2) is 20.2 Å². The molecule has 2 nitrogen and oxygen atoms in total. The van der Waals surface area contributed by atoms with E-state index in [0.717, 1.165) is 31.7 Å². The van der Waals surface area contributed by atoms with Crippen LogP contribution in [-0.2, 0) is 12.8 Å². The van der Waals surface area contributed by atoms with E-state index in [1.165, 1.54) is 11.1 Å². The van der Waals surface area contributed by atoms with Crippen molar-refractivity contribution < 1.29 is 4.74 Å². The number of para-hydroxylation sites is 1. The number of nitrogens with one attached hydrogen (secondary N) is 1. The first-order valence-electron chi connectivity index (χ1n) is 7.70. The summed E-state index contributed by atoms with van der Waals surface area (Å²) in [5.74, 6) is 1.57. The second-order valence-electron chi connectivity index (χ2n) is 5.38. The highest BCUT2D eigenvalue weighted by Crippen LogP contribution is 2.22. The number of hydrogen-bond donors (Lipinski definition) is 1. The Morgan fingerprint density at radius 3 is 2.38 bits per heavy atom. The van der Waals surface area contributed by atoms with Gasteiger partial charge in [-0.15, -0.1) is 0 Å². The maximum atomic E-state index is 5.48. The molecule has 0 radical (unpaired) electrons. The van der Waals surface area contributed by atoms with Crippen LogP contribution in [0.15, 0.2) is 54.6 Å². The summed E-state index contributed by atoms with van der Waals surface area (Å²) in [6.07, 6.45) is 2.12. The lowest BCUT2D eigenvalue weighted by Crippen LogP contribution is -2.25. The summed E-state index contributed by atoms with van der Waals surface area (Å²) in [6.45, 7) is 4.20. The Morgan fingerprint density at radius 2 is 1.67 bits per heavy atom. The summed E-state index contributed by atoms with van der Waals surface area (Å²) >= 11 is 0. The second-order valence-corrected chi connectivity index (χ2v) is 5.38. The molecule has 0 spiro atoms. The monoisotopic (exact) mass is 283 g/mol. The second kappa shape index (κ2) is 8.48. The van der Waals surface area contributed by atoms with Gasteiger partial charge in [-0.2, -0.15) is 0 Å². The van der Waals surface area contributed by atoms with Gasteiger partial charge in [-0.1, -0.05) is 55.5 Å². The number of benzene rings is 2. The Balaban J connectivity index is 2.08. The predicted molar refractivity (Wildman–Crippen MR) is 88.9 cm³/mol. The maximum absolute atomic E-state index is 5.48. The maximum Gasteiger partial charge on any atom is 0.122 e. The molecule has 0 aliphatic carbocycles. The highest BCUT2D eigenvalue weighted by molar-refractivity contribution is 5.33. The van der Waals surface area contributed by atoms with Crippen LogP contribution in [0.25, 0.3) is 0 Å². The largest absolute Gasteiger partial charge is 0.496 e. The van der Waals surface area contributed by atoms with Crippen LogP contribution in [0.3, 0.4) is 0 Å². The quantitative estimate of drug-likeness (QED) is 0.797. The van der Waals surface area contributed by atoms with E-state index in [0.29, 0.717) is 5.92 Å². The van der Waals surface area contributed by atoms with Gasteiger partial charge in [0.25, 0.3) is 0 Å². The van der Waals surface area contributed by atoms with Crippen molar-refractivity contribution in [2.24, 2.45) is 5.92 Å². The number of rotatable bonds is 8. The number of ether oxygens (including phenoxy) is 1. The van der Waals surface area contributed by atoms with Crippen molar-refractivity contribution >= 4 is 0 Å². The third kappa shape index (κ3) is 4.91. The fraction of sp³-hybridized carbons (Fsp3) is 0.368. The molecule has 2 rings (SSSR count). The fourth-order valence-electron chi connectivity index (χ4n) is 2.70. The van der Waals surface area contributed by atoms with Crippen LogP contribution >= 0.6 is 0 Å². The van der Waals surface area contributed by atoms with E-state index >= 15 is 0 Å². The molecule has 1 unspecified atom stereocenters. The van der Waals surface area contributed by atoms with Gasteiger partial charge in [0.2, 0.25) is 0 Å². The summed E-state index contributed by atoms with van der Waals surface area (Å²) in [4.78, 5) is 0. The van der Waals surface area contributed by atoms with Crippen LogP contribution in [0.2, 0.25) is 0 Å². The zero-order chi connectivity index (χ0) is 14.9. The fourth-order valence-corrected chi connectivity index (χ4v) is 2.70. The molecule has 0 fully saturated rings. The van der Waals surface area contributed by atoms with Crippen molar-refractivity contribution in [2.45, 2.75) is 19.8 Å². The smallest absolute Gasteiger partial charge is 0.122 e. The zero-order valence-electron chi connectivity index (χ0n) is 13.0. The van der Waals surface area contributed by atoms with Gasteiger partial charge in [-0.3, -0.25) is 0 Å². The molecule has 112 valence electrons. The van der Waals surface area contributed by atoms with Crippen molar-refractivity contribution in [3.63, 3.8) is 0 Å². The summed E-state index contributed by atoms with van der Waals surface area (Å²) in [7, 11) is 1.75. The molecular formula is C19H25NO. The Labute approximate surface area is 128 Å². The average Bonchev–Trinajstić information content (AvgIpc) is 2.54. The molecular weight excluding hydrogens is 258 g/mol. The Kier molecular flexibility index (Phi) is 6.29. The van der Waals surface area contributed by atoms with E-state index in [1.54, 1.807) is 7.11 Å². The topological polar surface area (TPSA) is 21.3 Å². The van der Waals surface area contributed by atoms with Gasteiger partial charge in [-0.25, -0.2) is 0 Å². The van der Waals surface area contributed by atoms with E-state index in [4.69, 9.17) is 4.74 Å². The van der Waals surface area contributed by atoms with Crippen LogP contribution < -0.4 is 10.1 Å². The minimum Gasteiger partial charge on any atom is -0.496 e. The predicted octanol–water partition coefficient (Wildman–Crippen LogP) is 3.71. The standard InChI is InChI=1S/C19H25NO/c1-3-20-15-17(13-16-9-5-4-6-10-16)14-18-11-7-8-12-19(18)21-2/h4-12,17,20H,3,13-15H2,1-2H3. The SMILES string of the molecule is CCNCC(Cc1ccccc1)Cc1ccccc1OC. The zero-order valence-corrected chi connectivity index (χ0v) is 13.0. The first-order valence-corrected chi connectivity index (χ1v) is 7.70. The molecule has 0 aliphatic rings.